The van der Waals surface area contributed by atoms with Crippen molar-refractivity contribution < 1.29 is 28.6 Å². The van der Waals surface area contributed by atoms with Crippen LogP contribution >= 0.6 is 23.4 Å². The quantitative estimate of drug-likeness (QED) is 0.385. The molecule has 2 aromatic carbocycles. The molecular formula is C26H26ClN3O6S. The number of aliphatic imine (C=N–C) groups is 1. The number of amides is 2. The Hall–Kier alpha value is -3.34. The molecule has 4 rings (SSSR count). The van der Waals surface area contributed by atoms with Crippen LogP contribution in [0.1, 0.15) is 22.8 Å². The summed E-state index contributed by atoms with van der Waals surface area (Å²) in [5.41, 5.74) is 1.46. The van der Waals surface area contributed by atoms with Crippen LogP contribution < -0.4 is 4.74 Å². The number of ether oxygens (including phenoxy) is 3. The number of likely N-dealkylation sites (N-methyl/N-ethyl adjacent to an activating group) is 1. The second-order valence-electron chi connectivity index (χ2n) is 8.10. The third-order valence-electron chi connectivity index (χ3n) is 5.56. The molecule has 11 heteroatoms. The molecule has 2 aliphatic heterocycles. The van der Waals surface area contributed by atoms with Gasteiger partial charge in [0.1, 0.15) is 5.75 Å². The summed E-state index contributed by atoms with van der Waals surface area (Å²) in [6.07, 6.45) is 1.67. The summed E-state index contributed by atoms with van der Waals surface area (Å²) in [4.78, 5) is 45.6. The van der Waals surface area contributed by atoms with Gasteiger partial charge in [0.2, 0.25) is 0 Å². The van der Waals surface area contributed by atoms with E-state index in [4.69, 9.17) is 25.8 Å². The number of morpholine rings is 1. The van der Waals surface area contributed by atoms with Gasteiger partial charge in [-0.3, -0.25) is 14.5 Å². The molecule has 0 spiro atoms. The maximum absolute atomic E-state index is 13.0. The van der Waals surface area contributed by atoms with Crippen LogP contribution in [-0.2, 0) is 19.1 Å². The topological polar surface area (TPSA) is 97.7 Å². The number of benzene rings is 2. The zero-order valence-electron chi connectivity index (χ0n) is 20.4. The molecule has 0 atom stereocenters. The third kappa shape index (κ3) is 6.71. The molecule has 194 valence electrons. The van der Waals surface area contributed by atoms with E-state index < -0.39 is 5.97 Å². The van der Waals surface area contributed by atoms with E-state index in [1.54, 1.807) is 67.4 Å². The molecule has 9 nitrogen and oxygen atoms in total. The lowest BCUT2D eigenvalue weighted by Crippen LogP contribution is -2.43. The Bertz CT molecular complexity index is 1260. The molecular weight excluding hydrogens is 518 g/mol. The van der Waals surface area contributed by atoms with Gasteiger partial charge in [-0.2, -0.15) is 0 Å². The lowest BCUT2D eigenvalue weighted by molar-refractivity contribution is -0.137. The van der Waals surface area contributed by atoms with Crippen molar-refractivity contribution in [2.45, 2.75) is 6.92 Å². The van der Waals surface area contributed by atoms with Crippen molar-refractivity contribution in [2.75, 3.05) is 46.6 Å². The molecule has 0 saturated carbocycles. The highest BCUT2D eigenvalue weighted by Gasteiger charge is 2.31. The smallest absolute Gasteiger partial charge is 0.338 e. The first kappa shape index (κ1) is 26.7. The van der Waals surface area contributed by atoms with E-state index >= 15 is 0 Å². The molecule has 0 radical (unpaired) electrons. The highest BCUT2D eigenvalue weighted by Crippen LogP contribution is 2.35. The molecule has 0 aliphatic carbocycles. The van der Waals surface area contributed by atoms with Gasteiger partial charge in [0.05, 0.1) is 36.0 Å². The average Bonchev–Trinajstić information content (AvgIpc) is 3.16. The zero-order valence-corrected chi connectivity index (χ0v) is 22.0. The number of esters is 1. The molecule has 2 amide bonds. The monoisotopic (exact) mass is 543 g/mol. The third-order valence-corrected chi connectivity index (χ3v) is 6.85. The number of hydrogen-bond donors (Lipinski definition) is 0. The molecule has 0 aromatic heterocycles. The van der Waals surface area contributed by atoms with Crippen LogP contribution in [0.5, 0.6) is 5.75 Å². The number of hydrogen-bond acceptors (Lipinski definition) is 8. The zero-order chi connectivity index (χ0) is 26.4. The lowest BCUT2D eigenvalue weighted by atomic mass is 10.2. The predicted molar refractivity (Wildman–Crippen MR) is 142 cm³/mol. The number of rotatable bonds is 7. The largest absolute Gasteiger partial charge is 0.483 e. The molecule has 2 aliphatic rings. The summed E-state index contributed by atoms with van der Waals surface area (Å²) in [5.74, 6) is -0.390. The SMILES string of the molecule is CCOC(=O)c1cccc(N=C2SC(=Cc3cc(Cl)ccc3OCC(=O)N3CCOCC3)C(=O)N2C)c1. The van der Waals surface area contributed by atoms with Crippen LogP contribution in [-0.4, -0.2) is 79.3 Å². The highest BCUT2D eigenvalue weighted by atomic mass is 35.5. The average molecular weight is 544 g/mol. The second-order valence-corrected chi connectivity index (χ2v) is 9.55. The Morgan fingerprint density at radius 1 is 1.19 bits per heavy atom. The number of nitrogens with zero attached hydrogens (tertiary/aromatic N) is 3. The molecule has 2 heterocycles. The van der Waals surface area contributed by atoms with Crippen molar-refractivity contribution in [3.8, 4) is 5.75 Å². The maximum Gasteiger partial charge on any atom is 0.338 e. The van der Waals surface area contributed by atoms with Crippen molar-refractivity contribution in [1.82, 2.24) is 9.80 Å². The van der Waals surface area contributed by atoms with Crippen LogP contribution in [0.2, 0.25) is 5.02 Å². The highest BCUT2D eigenvalue weighted by molar-refractivity contribution is 8.18. The number of amidine groups is 1. The van der Waals surface area contributed by atoms with Crippen molar-refractivity contribution >= 4 is 58.1 Å². The summed E-state index contributed by atoms with van der Waals surface area (Å²) < 4.78 is 16.1. The Labute approximate surface area is 224 Å². The minimum Gasteiger partial charge on any atom is -0.483 e. The van der Waals surface area contributed by atoms with Gasteiger partial charge in [-0.15, -0.1) is 0 Å². The van der Waals surface area contributed by atoms with Gasteiger partial charge in [-0.25, -0.2) is 9.79 Å². The van der Waals surface area contributed by atoms with Crippen LogP contribution in [0.4, 0.5) is 5.69 Å². The summed E-state index contributed by atoms with van der Waals surface area (Å²) in [6, 6.07) is 11.7. The number of carbonyl (C=O) groups excluding carboxylic acids is 3. The molecule has 2 saturated heterocycles. The van der Waals surface area contributed by atoms with Gasteiger partial charge in [0.15, 0.2) is 11.8 Å². The summed E-state index contributed by atoms with van der Waals surface area (Å²) in [7, 11) is 1.63. The number of carbonyl (C=O) groups is 3. The molecule has 0 N–H and O–H groups in total. The normalized spacial score (nSPS) is 18.0. The van der Waals surface area contributed by atoms with Crippen LogP contribution in [0.25, 0.3) is 6.08 Å². The Morgan fingerprint density at radius 3 is 2.73 bits per heavy atom. The number of halogens is 1. The van der Waals surface area contributed by atoms with E-state index in [1.165, 1.54) is 16.7 Å². The Kier molecular flexibility index (Phi) is 8.86. The maximum atomic E-state index is 13.0. The van der Waals surface area contributed by atoms with E-state index in [0.29, 0.717) is 64.0 Å². The van der Waals surface area contributed by atoms with Gasteiger partial charge in [-0.1, -0.05) is 17.7 Å². The van der Waals surface area contributed by atoms with Gasteiger partial charge in [0, 0.05) is 30.7 Å². The van der Waals surface area contributed by atoms with Crippen LogP contribution in [0.3, 0.4) is 0 Å². The van der Waals surface area contributed by atoms with E-state index in [0.717, 1.165) is 0 Å². The fourth-order valence-corrected chi connectivity index (χ4v) is 4.79. The lowest BCUT2D eigenvalue weighted by Gasteiger charge is -2.26. The Morgan fingerprint density at radius 2 is 1.97 bits per heavy atom. The van der Waals surface area contributed by atoms with Gasteiger partial charge in [0.25, 0.3) is 11.8 Å². The van der Waals surface area contributed by atoms with Crippen molar-refractivity contribution in [3.63, 3.8) is 0 Å². The molecule has 0 unspecified atom stereocenters. The van der Waals surface area contributed by atoms with E-state index in [1.807, 2.05) is 0 Å². The summed E-state index contributed by atoms with van der Waals surface area (Å²) in [6.45, 7) is 3.95. The fraction of sp³-hybridized carbons (Fsp3) is 0.308. The van der Waals surface area contributed by atoms with E-state index in [2.05, 4.69) is 4.99 Å². The molecule has 2 aromatic rings. The van der Waals surface area contributed by atoms with E-state index in [-0.39, 0.29) is 25.0 Å². The minimum absolute atomic E-state index is 0.137. The van der Waals surface area contributed by atoms with Gasteiger partial charge in [-0.05, 0) is 61.2 Å². The summed E-state index contributed by atoms with van der Waals surface area (Å²) >= 11 is 7.40. The van der Waals surface area contributed by atoms with E-state index in [9.17, 15) is 14.4 Å². The van der Waals surface area contributed by atoms with Crippen LogP contribution in [0.15, 0.2) is 52.4 Å². The van der Waals surface area contributed by atoms with Crippen molar-refractivity contribution in [3.05, 3.63) is 63.5 Å². The first-order chi connectivity index (χ1) is 17.9. The minimum atomic E-state index is -0.436. The standard InChI is InChI=1S/C26H26ClN3O6S/c1-3-35-25(33)17-5-4-6-20(14-17)28-26-29(2)24(32)22(37-26)15-18-13-19(27)7-8-21(18)36-16-23(31)30-9-11-34-12-10-30/h4-8,13-15H,3,9-12,16H2,1-2H3. The predicted octanol–water partition coefficient (Wildman–Crippen LogP) is 3.99. The summed E-state index contributed by atoms with van der Waals surface area (Å²) in [5, 5.41) is 0.913. The van der Waals surface area contributed by atoms with Gasteiger partial charge < -0.3 is 19.1 Å². The van der Waals surface area contributed by atoms with Crippen LogP contribution in [0, 0.1) is 0 Å². The van der Waals surface area contributed by atoms with Crippen molar-refractivity contribution in [1.29, 1.82) is 0 Å². The number of thioether (sulfide) groups is 1. The molecule has 2 fully saturated rings. The first-order valence-corrected chi connectivity index (χ1v) is 12.9. The van der Waals surface area contributed by atoms with Crippen molar-refractivity contribution in [2.24, 2.45) is 4.99 Å². The van der Waals surface area contributed by atoms with Gasteiger partial charge >= 0.3 is 5.97 Å². The first-order valence-electron chi connectivity index (χ1n) is 11.7. The fourth-order valence-electron chi connectivity index (χ4n) is 3.63. The molecule has 0 bridgehead atoms. The molecule has 37 heavy (non-hydrogen) atoms. The Balaban J connectivity index is 1.53. The second kappa shape index (κ2) is 12.3.